The molecule has 92 valence electrons. The normalized spacial score (nSPS) is 13.4. The monoisotopic (exact) mass is 235 g/mol. The van der Waals surface area contributed by atoms with E-state index in [-0.39, 0.29) is 0 Å². The second kappa shape index (κ2) is 10.7. The zero-order valence-corrected chi connectivity index (χ0v) is 11.1. The lowest BCUT2D eigenvalue weighted by molar-refractivity contribution is 0.0803. The van der Waals surface area contributed by atoms with Gasteiger partial charge in [0.1, 0.15) is 0 Å². The molecule has 0 aromatic carbocycles. The highest BCUT2D eigenvalue weighted by molar-refractivity contribution is 6.17. The highest BCUT2D eigenvalue weighted by Crippen LogP contribution is 2.10. The second-order valence-corrected chi connectivity index (χ2v) is 4.63. The van der Waals surface area contributed by atoms with Crippen molar-refractivity contribution in [2.75, 3.05) is 25.6 Å². The first-order valence-corrected chi connectivity index (χ1v) is 6.62. The van der Waals surface area contributed by atoms with Crippen LogP contribution in [0.1, 0.15) is 40.0 Å². The highest BCUT2D eigenvalue weighted by Gasteiger charge is 2.05. The fraction of sp³-hybridized carbons (Fsp3) is 1.00. The molecule has 0 radical (unpaired) electrons. The van der Waals surface area contributed by atoms with Gasteiger partial charge in [-0.3, -0.25) is 0 Å². The van der Waals surface area contributed by atoms with Gasteiger partial charge < -0.3 is 10.1 Å². The van der Waals surface area contributed by atoms with Crippen LogP contribution in [0.3, 0.4) is 0 Å². The SMILES string of the molecule is CCCC(CCCl)CNCCOC(C)C. The summed E-state index contributed by atoms with van der Waals surface area (Å²) in [4.78, 5) is 0. The van der Waals surface area contributed by atoms with Crippen molar-refractivity contribution in [2.24, 2.45) is 5.92 Å². The van der Waals surface area contributed by atoms with Gasteiger partial charge in [0, 0.05) is 12.4 Å². The Morgan fingerprint density at radius 1 is 1.27 bits per heavy atom. The number of hydrogen-bond acceptors (Lipinski definition) is 2. The minimum Gasteiger partial charge on any atom is -0.377 e. The quantitative estimate of drug-likeness (QED) is 0.464. The fourth-order valence-electron chi connectivity index (χ4n) is 1.58. The van der Waals surface area contributed by atoms with E-state index in [1.165, 1.54) is 12.8 Å². The maximum absolute atomic E-state index is 5.76. The van der Waals surface area contributed by atoms with E-state index in [9.17, 15) is 0 Å². The maximum atomic E-state index is 5.76. The minimum absolute atomic E-state index is 0.334. The summed E-state index contributed by atoms with van der Waals surface area (Å²) < 4.78 is 5.46. The second-order valence-electron chi connectivity index (χ2n) is 4.26. The molecule has 0 bridgehead atoms. The van der Waals surface area contributed by atoms with Crippen LogP contribution in [0.25, 0.3) is 0 Å². The Hall–Kier alpha value is 0.210. The van der Waals surface area contributed by atoms with Crippen molar-refractivity contribution in [3.63, 3.8) is 0 Å². The van der Waals surface area contributed by atoms with E-state index >= 15 is 0 Å². The van der Waals surface area contributed by atoms with E-state index in [0.29, 0.717) is 6.10 Å². The van der Waals surface area contributed by atoms with Gasteiger partial charge in [0.2, 0.25) is 0 Å². The average molecular weight is 236 g/mol. The third kappa shape index (κ3) is 10.5. The van der Waals surface area contributed by atoms with Crippen molar-refractivity contribution in [3.05, 3.63) is 0 Å². The summed E-state index contributed by atoms with van der Waals surface area (Å²) >= 11 is 5.76. The van der Waals surface area contributed by atoms with Crippen LogP contribution >= 0.6 is 11.6 Å². The number of hydrogen-bond donors (Lipinski definition) is 1. The predicted octanol–water partition coefficient (Wildman–Crippen LogP) is 3.05. The van der Waals surface area contributed by atoms with Gasteiger partial charge in [-0.05, 0) is 39.2 Å². The lowest BCUT2D eigenvalue weighted by Gasteiger charge is -2.16. The Bertz CT molecular complexity index is 125. The van der Waals surface area contributed by atoms with E-state index in [2.05, 4.69) is 26.1 Å². The van der Waals surface area contributed by atoms with Crippen LogP contribution in [0.2, 0.25) is 0 Å². The molecule has 1 atom stereocenters. The van der Waals surface area contributed by atoms with Crippen molar-refractivity contribution < 1.29 is 4.74 Å². The van der Waals surface area contributed by atoms with Crippen molar-refractivity contribution in [1.82, 2.24) is 5.32 Å². The zero-order chi connectivity index (χ0) is 11.5. The van der Waals surface area contributed by atoms with Crippen molar-refractivity contribution in [3.8, 4) is 0 Å². The summed E-state index contributed by atoms with van der Waals surface area (Å²) in [5.74, 6) is 1.50. The molecule has 2 nitrogen and oxygen atoms in total. The largest absolute Gasteiger partial charge is 0.377 e. The number of nitrogens with one attached hydrogen (secondary N) is 1. The summed E-state index contributed by atoms with van der Waals surface area (Å²) in [6.45, 7) is 9.17. The Morgan fingerprint density at radius 3 is 2.53 bits per heavy atom. The lowest BCUT2D eigenvalue weighted by Crippen LogP contribution is -2.27. The van der Waals surface area contributed by atoms with Gasteiger partial charge in [0.15, 0.2) is 0 Å². The molecule has 0 saturated heterocycles. The summed E-state index contributed by atoms with van der Waals surface area (Å²) in [6.07, 6.45) is 3.96. The van der Waals surface area contributed by atoms with E-state index in [0.717, 1.165) is 37.9 Å². The maximum Gasteiger partial charge on any atom is 0.0594 e. The molecule has 0 aromatic heterocycles. The highest BCUT2D eigenvalue weighted by atomic mass is 35.5. The molecule has 0 aliphatic carbocycles. The van der Waals surface area contributed by atoms with Crippen LogP contribution in [-0.2, 0) is 4.74 Å². The third-order valence-electron chi connectivity index (χ3n) is 2.38. The molecule has 0 spiro atoms. The van der Waals surface area contributed by atoms with E-state index in [1.54, 1.807) is 0 Å². The summed E-state index contributed by atoms with van der Waals surface area (Å²) in [7, 11) is 0. The minimum atomic E-state index is 0.334. The molecule has 3 heteroatoms. The van der Waals surface area contributed by atoms with Crippen molar-refractivity contribution in [1.29, 1.82) is 0 Å². The molecule has 0 heterocycles. The van der Waals surface area contributed by atoms with Gasteiger partial charge >= 0.3 is 0 Å². The summed E-state index contributed by atoms with van der Waals surface area (Å²) in [5, 5.41) is 3.43. The van der Waals surface area contributed by atoms with Gasteiger partial charge in [0.25, 0.3) is 0 Å². The fourth-order valence-corrected chi connectivity index (χ4v) is 1.89. The Kier molecular flexibility index (Phi) is 10.9. The Balaban J connectivity index is 3.36. The third-order valence-corrected chi connectivity index (χ3v) is 2.60. The van der Waals surface area contributed by atoms with E-state index in [1.807, 2.05) is 0 Å². The van der Waals surface area contributed by atoms with Crippen LogP contribution < -0.4 is 5.32 Å². The molecular formula is C12H26ClNO. The number of halogens is 1. The molecule has 0 aliphatic heterocycles. The van der Waals surface area contributed by atoms with Gasteiger partial charge in [0.05, 0.1) is 12.7 Å². The molecule has 1 unspecified atom stereocenters. The zero-order valence-electron chi connectivity index (χ0n) is 10.4. The van der Waals surface area contributed by atoms with Gasteiger partial charge in [-0.15, -0.1) is 11.6 Å². The molecular weight excluding hydrogens is 210 g/mol. The molecule has 0 aromatic rings. The molecule has 0 fully saturated rings. The lowest BCUT2D eigenvalue weighted by atomic mass is 10.0. The van der Waals surface area contributed by atoms with E-state index in [4.69, 9.17) is 16.3 Å². The standard InChI is InChI=1S/C12H26ClNO/c1-4-5-12(6-7-13)10-14-8-9-15-11(2)3/h11-12,14H,4-10H2,1-3H3. The number of alkyl halides is 1. The Morgan fingerprint density at radius 2 is 2.00 bits per heavy atom. The van der Waals surface area contributed by atoms with Crippen molar-refractivity contribution in [2.45, 2.75) is 46.1 Å². The van der Waals surface area contributed by atoms with Crippen molar-refractivity contribution >= 4 is 11.6 Å². The predicted molar refractivity (Wildman–Crippen MR) is 67.7 cm³/mol. The molecule has 0 rings (SSSR count). The molecule has 1 N–H and O–H groups in total. The summed E-state index contributed by atoms with van der Waals surface area (Å²) in [5.41, 5.74) is 0. The number of rotatable bonds is 10. The van der Waals surface area contributed by atoms with Crippen LogP contribution in [0.15, 0.2) is 0 Å². The van der Waals surface area contributed by atoms with Crippen LogP contribution in [0.4, 0.5) is 0 Å². The smallest absolute Gasteiger partial charge is 0.0594 e. The van der Waals surface area contributed by atoms with E-state index < -0.39 is 0 Å². The van der Waals surface area contributed by atoms with Crippen LogP contribution in [-0.4, -0.2) is 31.7 Å². The van der Waals surface area contributed by atoms with Gasteiger partial charge in [-0.25, -0.2) is 0 Å². The first-order valence-electron chi connectivity index (χ1n) is 6.09. The van der Waals surface area contributed by atoms with Gasteiger partial charge in [-0.1, -0.05) is 13.3 Å². The average Bonchev–Trinajstić information content (AvgIpc) is 2.17. The first-order chi connectivity index (χ1) is 7.20. The molecule has 0 saturated carbocycles. The molecule has 0 aliphatic rings. The van der Waals surface area contributed by atoms with Crippen LogP contribution in [0.5, 0.6) is 0 Å². The Labute approximate surface area is 99.7 Å². The van der Waals surface area contributed by atoms with Crippen LogP contribution in [0, 0.1) is 5.92 Å². The van der Waals surface area contributed by atoms with Gasteiger partial charge in [-0.2, -0.15) is 0 Å². The molecule has 0 amide bonds. The molecule has 15 heavy (non-hydrogen) atoms. The first kappa shape index (κ1) is 15.2. The topological polar surface area (TPSA) is 21.3 Å². The summed E-state index contributed by atoms with van der Waals surface area (Å²) in [6, 6.07) is 0. The number of ether oxygens (including phenoxy) is 1.